The average Bonchev–Trinajstić information content (AvgIpc) is 3.07. The van der Waals surface area contributed by atoms with Crippen LogP contribution in [0.15, 0.2) is 29.4 Å². The van der Waals surface area contributed by atoms with Gasteiger partial charge in [-0.15, -0.1) is 10.2 Å². The fourth-order valence-corrected chi connectivity index (χ4v) is 3.88. The smallest absolute Gasteiger partial charge is 0.318 e. The number of imide groups is 1. The van der Waals surface area contributed by atoms with Gasteiger partial charge in [-0.2, -0.15) is 0 Å². The highest BCUT2D eigenvalue weighted by Crippen LogP contribution is 2.28. The summed E-state index contributed by atoms with van der Waals surface area (Å²) in [6.45, 7) is 4.66. The molecule has 1 aromatic carbocycles. The van der Waals surface area contributed by atoms with Crippen molar-refractivity contribution < 1.29 is 9.59 Å². The number of unbranched alkanes of at least 4 members (excludes halogenated alkanes) is 5. The van der Waals surface area contributed by atoms with E-state index in [1.165, 1.54) is 37.4 Å². The molecule has 1 atom stereocenters. The Kier molecular flexibility index (Phi) is 9.47. The van der Waals surface area contributed by atoms with Crippen molar-refractivity contribution in [2.24, 2.45) is 5.73 Å². The van der Waals surface area contributed by atoms with Crippen LogP contribution in [0, 0.1) is 0 Å². The van der Waals surface area contributed by atoms with E-state index in [-0.39, 0.29) is 0 Å². The van der Waals surface area contributed by atoms with E-state index in [4.69, 9.17) is 17.3 Å². The predicted molar refractivity (Wildman–Crippen MR) is 117 cm³/mol. The van der Waals surface area contributed by atoms with E-state index in [1.54, 1.807) is 6.92 Å². The molecule has 1 heterocycles. The number of hydrogen-bond acceptors (Lipinski definition) is 5. The van der Waals surface area contributed by atoms with Crippen LogP contribution in [0.4, 0.5) is 4.79 Å². The lowest BCUT2D eigenvalue weighted by Crippen LogP contribution is -2.39. The molecular formula is C20H28ClN5O2S. The van der Waals surface area contributed by atoms with Crippen LogP contribution in [-0.4, -0.2) is 32.0 Å². The van der Waals surface area contributed by atoms with Gasteiger partial charge in [0.25, 0.3) is 0 Å². The molecule has 0 aliphatic rings. The van der Waals surface area contributed by atoms with Gasteiger partial charge in [0, 0.05) is 17.1 Å². The van der Waals surface area contributed by atoms with Gasteiger partial charge >= 0.3 is 6.03 Å². The third kappa shape index (κ3) is 7.36. The minimum atomic E-state index is -0.863. The van der Waals surface area contributed by atoms with Crippen LogP contribution in [0.3, 0.4) is 0 Å². The van der Waals surface area contributed by atoms with Gasteiger partial charge in [-0.25, -0.2) is 4.79 Å². The van der Waals surface area contributed by atoms with Crippen LogP contribution in [0.1, 0.15) is 52.4 Å². The SMILES string of the molecule is CCCCCCCCn1c(SC(C)C(=O)NC(N)=O)nnc1-c1ccc(Cl)cc1. The number of rotatable bonds is 11. The first-order chi connectivity index (χ1) is 13.9. The number of urea groups is 1. The van der Waals surface area contributed by atoms with Gasteiger partial charge in [0.15, 0.2) is 11.0 Å². The van der Waals surface area contributed by atoms with Gasteiger partial charge < -0.3 is 10.3 Å². The van der Waals surface area contributed by atoms with Gasteiger partial charge in [-0.05, 0) is 37.6 Å². The molecule has 0 bridgehead atoms. The number of carbonyl (C=O) groups is 2. The van der Waals surface area contributed by atoms with Crippen molar-refractivity contribution in [3.63, 3.8) is 0 Å². The number of hydrogen-bond donors (Lipinski definition) is 2. The molecule has 0 aliphatic carbocycles. The lowest BCUT2D eigenvalue weighted by atomic mass is 10.1. The number of nitrogens with two attached hydrogens (primary N) is 1. The topological polar surface area (TPSA) is 103 Å². The van der Waals surface area contributed by atoms with E-state index >= 15 is 0 Å². The molecule has 3 N–H and O–H groups in total. The molecule has 0 fully saturated rings. The second-order valence-corrected chi connectivity index (χ2v) is 8.59. The molecule has 9 heteroatoms. The molecular weight excluding hydrogens is 410 g/mol. The number of aromatic nitrogens is 3. The Bertz CT molecular complexity index is 810. The van der Waals surface area contributed by atoms with Gasteiger partial charge in [0.05, 0.1) is 5.25 Å². The molecule has 3 amide bonds. The van der Waals surface area contributed by atoms with Crippen molar-refractivity contribution in [2.75, 3.05) is 0 Å². The molecule has 2 aromatic rings. The van der Waals surface area contributed by atoms with E-state index in [2.05, 4.69) is 22.4 Å². The predicted octanol–water partition coefficient (Wildman–Crippen LogP) is 4.63. The van der Waals surface area contributed by atoms with Crippen molar-refractivity contribution in [3.05, 3.63) is 29.3 Å². The summed E-state index contributed by atoms with van der Waals surface area (Å²) in [6, 6.07) is 6.58. The molecule has 158 valence electrons. The molecule has 1 unspecified atom stereocenters. The lowest BCUT2D eigenvalue weighted by Gasteiger charge is -2.13. The summed E-state index contributed by atoms with van der Waals surface area (Å²) < 4.78 is 2.03. The average molecular weight is 438 g/mol. The van der Waals surface area contributed by atoms with Crippen LogP contribution in [-0.2, 0) is 11.3 Å². The van der Waals surface area contributed by atoms with Gasteiger partial charge in [0.1, 0.15) is 0 Å². The minimum Gasteiger partial charge on any atom is -0.351 e. The third-order valence-electron chi connectivity index (χ3n) is 4.45. The quantitative estimate of drug-likeness (QED) is 0.394. The van der Waals surface area contributed by atoms with E-state index in [0.29, 0.717) is 10.2 Å². The van der Waals surface area contributed by atoms with Gasteiger partial charge in [-0.3, -0.25) is 10.1 Å². The number of benzene rings is 1. The summed E-state index contributed by atoms with van der Waals surface area (Å²) in [5.74, 6) is 0.282. The zero-order chi connectivity index (χ0) is 21.2. The zero-order valence-electron chi connectivity index (χ0n) is 16.9. The summed E-state index contributed by atoms with van der Waals surface area (Å²) in [4.78, 5) is 23.0. The molecule has 1 aromatic heterocycles. The highest BCUT2D eigenvalue weighted by molar-refractivity contribution is 8.00. The van der Waals surface area contributed by atoms with Crippen molar-refractivity contribution in [2.45, 2.75) is 69.3 Å². The summed E-state index contributed by atoms with van der Waals surface area (Å²) in [5, 5.41) is 11.5. The Morgan fingerprint density at radius 3 is 2.45 bits per heavy atom. The van der Waals surface area contributed by atoms with Crippen LogP contribution in [0.25, 0.3) is 11.4 Å². The Morgan fingerprint density at radius 1 is 1.14 bits per heavy atom. The van der Waals surface area contributed by atoms with Crippen LogP contribution in [0.2, 0.25) is 5.02 Å². The minimum absolute atomic E-state index is 0.454. The number of carbonyl (C=O) groups excluding carboxylic acids is 2. The number of nitrogens with zero attached hydrogens (tertiary/aromatic N) is 3. The molecule has 29 heavy (non-hydrogen) atoms. The summed E-state index contributed by atoms with van der Waals surface area (Å²) in [7, 11) is 0. The number of thioether (sulfide) groups is 1. The van der Waals surface area contributed by atoms with Gasteiger partial charge in [-0.1, -0.05) is 62.4 Å². The second kappa shape index (κ2) is 11.8. The molecule has 0 saturated carbocycles. The molecule has 7 nitrogen and oxygen atoms in total. The van der Waals surface area contributed by atoms with Crippen LogP contribution in [0.5, 0.6) is 0 Å². The summed E-state index contributed by atoms with van der Waals surface area (Å²) >= 11 is 7.26. The fourth-order valence-electron chi connectivity index (χ4n) is 2.87. The Labute approximate surface area is 180 Å². The fraction of sp³-hybridized carbons (Fsp3) is 0.500. The van der Waals surface area contributed by atoms with Crippen molar-refractivity contribution in [1.82, 2.24) is 20.1 Å². The standard InChI is InChI=1S/C20H28ClN5O2S/c1-3-4-5-6-7-8-13-26-17(15-9-11-16(21)12-10-15)24-25-20(26)29-14(2)18(27)23-19(22)28/h9-12,14H,3-8,13H2,1-2H3,(H3,22,23,27,28). The first-order valence-corrected chi connectivity index (χ1v) is 11.1. The highest BCUT2D eigenvalue weighted by Gasteiger charge is 2.21. The summed E-state index contributed by atoms with van der Waals surface area (Å²) in [5.41, 5.74) is 5.95. The number of amides is 3. The zero-order valence-corrected chi connectivity index (χ0v) is 18.4. The van der Waals surface area contributed by atoms with Gasteiger partial charge in [0.2, 0.25) is 5.91 Å². The Hall–Kier alpha value is -2.06. The molecule has 0 aliphatic heterocycles. The van der Waals surface area contributed by atoms with E-state index < -0.39 is 17.2 Å². The first-order valence-electron chi connectivity index (χ1n) is 9.88. The van der Waals surface area contributed by atoms with Crippen molar-refractivity contribution >= 4 is 35.3 Å². The first kappa shape index (κ1) is 23.2. The van der Waals surface area contributed by atoms with Crippen LogP contribution < -0.4 is 11.1 Å². The van der Waals surface area contributed by atoms with E-state index in [1.807, 2.05) is 28.8 Å². The number of nitrogens with one attached hydrogen (secondary N) is 1. The van der Waals surface area contributed by atoms with Crippen molar-refractivity contribution in [1.29, 1.82) is 0 Å². The molecule has 2 rings (SSSR count). The maximum absolute atomic E-state index is 12.0. The van der Waals surface area contributed by atoms with Crippen molar-refractivity contribution in [3.8, 4) is 11.4 Å². The molecule has 0 saturated heterocycles. The Balaban J connectivity index is 2.15. The van der Waals surface area contributed by atoms with E-state index in [0.717, 1.165) is 30.8 Å². The molecule has 0 radical (unpaired) electrons. The lowest BCUT2D eigenvalue weighted by molar-refractivity contribution is -0.119. The number of halogens is 1. The monoisotopic (exact) mass is 437 g/mol. The Morgan fingerprint density at radius 2 is 1.79 bits per heavy atom. The summed E-state index contributed by atoms with van der Waals surface area (Å²) in [6.07, 6.45) is 7.05. The van der Waals surface area contributed by atoms with E-state index in [9.17, 15) is 9.59 Å². The third-order valence-corrected chi connectivity index (χ3v) is 5.78. The number of primary amides is 1. The highest BCUT2D eigenvalue weighted by atomic mass is 35.5. The molecule has 0 spiro atoms. The maximum Gasteiger partial charge on any atom is 0.318 e. The normalized spacial score (nSPS) is 12.0. The second-order valence-electron chi connectivity index (χ2n) is 6.85. The largest absolute Gasteiger partial charge is 0.351 e. The van der Waals surface area contributed by atoms with Crippen LogP contribution >= 0.6 is 23.4 Å². The maximum atomic E-state index is 12.0.